The standard InChI is InChI=1S/C11H19ClN4O2/c1-8(2)18-11-15-9(12)14-10(16-11)13-6-4-3-5-7-17/h8,17H,3-7H2,1-2H3,(H,13,14,15,16). The second kappa shape index (κ2) is 8.05. The highest BCUT2D eigenvalue weighted by atomic mass is 35.5. The first-order valence-corrected chi connectivity index (χ1v) is 6.42. The lowest BCUT2D eigenvalue weighted by Gasteiger charge is -2.09. The van der Waals surface area contributed by atoms with Gasteiger partial charge in [-0.15, -0.1) is 0 Å². The van der Waals surface area contributed by atoms with Gasteiger partial charge >= 0.3 is 6.01 Å². The zero-order valence-electron chi connectivity index (χ0n) is 10.7. The summed E-state index contributed by atoms with van der Waals surface area (Å²) < 4.78 is 5.36. The van der Waals surface area contributed by atoms with Crippen molar-refractivity contribution in [1.29, 1.82) is 0 Å². The van der Waals surface area contributed by atoms with Crippen molar-refractivity contribution in [2.24, 2.45) is 0 Å². The van der Waals surface area contributed by atoms with Crippen LogP contribution in [0.2, 0.25) is 5.28 Å². The summed E-state index contributed by atoms with van der Waals surface area (Å²) in [6.45, 7) is 4.73. The van der Waals surface area contributed by atoms with Crippen molar-refractivity contribution in [3.05, 3.63) is 5.28 Å². The van der Waals surface area contributed by atoms with Crippen LogP contribution in [-0.2, 0) is 0 Å². The van der Waals surface area contributed by atoms with E-state index in [4.69, 9.17) is 21.4 Å². The second-order valence-corrected chi connectivity index (χ2v) is 4.43. The van der Waals surface area contributed by atoms with E-state index >= 15 is 0 Å². The molecule has 0 unspecified atom stereocenters. The van der Waals surface area contributed by atoms with Crippen LogP contribution in [0.1, 0.15) is 33.1 Å². The molecule has 0 saturated carbocycles. The average molecular weight is 275 g/mol. The lowest BCUT2D eigenvalue weighted by Crippen LogP contribution is -2.12. The van der Waals surface area contributed by atoms with Gasteiger partial charge in [0.2, 0.25) is 11.2 Å². The van der Waals surface area contributed by atoms with E-state index < -0.39 is 0 Å². The van der Waals surface area contributed by atoms with E-state index in [-0.39, 0.29) is 24.0 Å². The number of nitrogens with one attached hydrogen (secondary N) is 1. The molecule has 0 radical (unpaired) electrons. The predicted octanol–water partition coefficient (Wildman–Crippen LogP) is 1.89. The van der Waals surface area contributed by atoms with Crippen molar-refractivity contribution < 1.29 is 9.84 Å². The molecule has 2 N–H and O–H groups in total. The molecule has 1 aromatic heterocycles. The number of aromatic nitrogens is 3. The highest BCUT2D eigenvalue weighted by molar-refractivity contribution is 6.28. The summed E-state index contributed by atoms with van der Waals surface area (Å²) in [5.74, 6) is 0.412. The summed E-state index contributed by atoms with van der Waals surface area (Å²) in [7, 11) is 0. The molecule has 0 aliphatic rings. The Morgan fingerprint density at radius 3 is 2.67 bits per heavy atom. The molecule has 1 heterocycles. The molecule has 102 valence electrons. The van der Waals surface area contributed by atoms with Crippen LogP contribution in [-0.4, -0.2) is 39.3 Å². The molecule has 0 spiro atoms. The monoisotopic (exact) mass is 274 g/mol. The van der Waals surface area contributed by atoms with E-state index in [1.165, 1.54) is 0 Å². The Hall–Kier alpha value is -1.14. The molecule has 1 aromatic rings. The minimum absolute atomic E-state index is 0.0131. The Labute approximate surface area is 112 Å². The van der Waals surface area contributed by atoms with Crippen LogP contribution in [0.4, 0.5) is 5.95 Å². The normalized spacial score (nSPS) is 10.7. The molecule has 7 heteroatoms. The van der Waals surface area contributed by atoms with Gasteiger partial charge in [0.25, 0.3) is 0 Å². The highest BCUT2D eigenvalue weighted by Gasteiger charge is 2.07. The molecular formula is C11H19ClN4O2. The van der Waals surface area contributed by atoms with Gasteiger partial charge in [0.1, 0.15) is 0 Å². The number of hydrogen-bond acceptors (Lipinski definition) is 6. The van der Waals surface area contributed by atoms with Gasteiger partial charge in [-0.1, -0.05) is 0 Å². The number of ether oxygens (including phenoxy) is 1. The second-order valence-electron chi connectivity index (χ2n) is 4.09. The van der Waals surface area contributed by atoms with E-state index in [1.807, 2.05) is 13.8 Å². The largest absolute Gasteiger partial charge is 0.461 e. The molecule has 0 saturated heterocycles. The van der Waals surface area contributed by atoms with Gasteiger partial charge in [-0.05, 0) is 44.7 Å². The first kappa shape index (κ1) is 14.9. The summed E-state index contributed by atoms with van der Waals surface area (Å²) in [6.07, 6.45) is 2.68. The quantitative estimate of drug-likeness (QED) is 0.705. The van der Waals surface area contributed by atoms with Gasteiger partial charge in [0.05, 0.1) is 6.10 Å². The minimum Gasteiger partial charge on any atom is -0.461 e. The maximum absolute atomic E-state index is 8.65. The third-order valence-electron chi connectivity index (χ3n) is 2.05. The van der Waals surface area contributed by atoms with Crippen molar-refractivity contribution in [3.8, 4) is 6.01 Å². The van der Waals surface area contributed by atoms with E-state index in [0.29, 0.717) is 5.95 Å². The third-order valence-corrected chi connectivity index (χ3v) is 2.22. The lowest BCUT2D eigenvalue weighted by molar-refractivity contribution is 0.222. The number of hydrogen-bond donors (Lipinski definition) is 2. The van der Waals surface area contributed by atoms with E-state index in [2.05, 4.69) is 20.3 Å². The van der Waals surface area contributed by atoms with Crippen LogP contribution >= 0.6 is 11.6 Å². The van der Waals surface area contributed by atoms with Crippen LogP contribution in [0.25, 0.3) is 0 Å². The summed E-state index contributed by atoms with van der Waals surface area (Å²) >= 11 is 5.78. The fourth-order valence-corrected chi connectivity index (χ4v) is 1.44. The van der Waals surface area contributed by atoms with E-state index in [9.17, 15) is 0 Å². The molecule has 6 nitrogen and oxygen atoms in total. The Morgan fingerprint density at radius 2 is 2.00 bits per heavy atom. The molecule has 0 aliphatic heterocycles. The molecule has 0 atom stereocenters. The Kier molecular flexibility index (Phi) is 6.67. The molecule has 0 aliphatic carbocycles. The van der Waals surface area contributed by atoms with Crippen LogP contribution in [0.5, 0.6) is 6.01 Å². The summed E-state index contributed by atoms with van der Waals surface area (Å²) in [5.41, 5.74) is 0. The van der Waals surface area contributed by atoms with Gasteiger partial charge in [-0.2, -0.15) is 15.0 Å². The van der Waals surface area contributed by atoms with Crippen LogP contribution in [0, 0.1) is 0 Å². The van der Waals surface area contributed by atoms with Crippen molar-refractivity contribution in [2.75, 3.05) is 18.5 Å². The van der Waals surface area contributed by atoms with Gasteiger partial charge < -0.3 is 15.2 Å². The van der Waals surface area contributed by atoms with Crippen LogP contribution < -0.4 is 10.1 Å². The zero-order chi connectivity index (χ0) is 13.4. The zero-order valence-corrected chi connectivity index (χ0v) is 11.4. The summed E-state index contributed by atoms with van der Waals surface area (Å²) in [6, 6.07) is 0.225. The van der Waals surface area contributed by atoms with Gasteiger partial charge in [-0.25, -0.2) is 0 Å². The Balaban J connectivity index is 2.46. The van der Waals surface area contributed by atoms with E-state index in [1.54, 1.807) is 0 Å². The topological polar surface area (TPSA) is 80.2 Å². The molecule has 0 aromatic carbocycles. The fraction of sp³-hybridized carbons (Fsp3) is 0.727. The highest BCUT2D eigenvalue weighted by Crippen LogP contribution is 2.12. The maximum atomic E-state index is 8.65. The van der Waals surface area contributed by atoms with Crippen LogP contribution in [0.15, 0.2) is 0 Å². The molecule has 18 heavy (non-hydrogen) atoms. The first-order chi connectivity index (χ1) is 8.61. The lowest BCUT2D eigenvalue weighted by atomic mass is 10.2. The molecule has 0 bridgehead atoms. The molecule has 0 fully saturated rings. The fourth-order valence-electron chi connectivity index (χ4n) is 1.29. The van der Waals surface area contributed by atoms with Gasteiger partial charge in [-0.3, -0.25) is 0 Å². The van der Waals surface area contributed by atoms with Crippen molar-refractivity contribution in [1.82, 2.24) is 15.0 Å². The number of halogens is 1. The number of rotatable bonds is 8. The smallest absolute Gasteiger partial charge is 0.322 e. The number of nitrogens with zero attached hydrogens (tertiary/aromatic N) is 3. The van der Waals surface area contributed by atoms with Gasteiger partial charge in [0.15, 0.2) is 0 Å². The molecule has 1 rings (SSSR count). The maximum Gasteiger partial charge on any atom is 0.322 e. The number of anilines is 1. The average Bonchev–Trinajstić information content (AvgIpc) is 2.27. The van der Waals surface area contributed by atoms with Gasteiger partial charge in [0, 0.05) is 13.2 Å². The van der Waals surface area contributed by atoms with Crippen molar-refractivity contribution >= 4 is 17.5 Å². The SMILES string of the molecule is CC(C)Oc1nc(Cl)nc(NCCCCCO)n1. The number of unbranched alkanes of at least 4 members (excludes halogenated alkanes) is 2. The first-order valence-electron chi connectivity index (χ1n) is 6.04. The van der Waals surface area contributed by atoms with Crippen molar-refractivity contribution in [2.45, 2.75) is 39.2 Å². The minimum atomic E-state index is -0.0131. The molecule has 0 amide bonds. The molecular weight excluding hydrogens is 256 g/mol. The third kappa shape index (κ3) is 5.97. The van der Waals surface area contributed by atoms with E-state index in [0.717, 1.165) is 25.8 Å². The Bertz CT molecular complexity index is 363. The number of aliphatic hydroxyl groups excluding tert-OH is 1. The summed E-state index contributed by atoms with van der Waals surface area (Å²) in [4.78, 5) is 11.9. The van der Waals surface area contributed by atoms with Crippen LogP contribution in [0.3, 0.4) is 0 Å². The summed E-state index contributed by atoms with van der Waals surface area (Å²) in [5, 5.41) is 11.8. The van der Waals surface area contributed by atoms with Crippen molar-refractivity contribution in [3.63, 3.8) is 0 Å². The predicted molar refractivity (Wildman–Crippen MR) is 70.0 cm³/mol. The number of aliphatic hydroxyl groups is 1. The Morgan fingerprint density at radius 1 is 1.22 bits per heavy atom.